The van der Waals surface area contributed by atoms with Crippen LogP contribution in [0.5, 0.6) is 5.75 Å². The summed E-state index contributed by atoms with van der Waals surface area (Å²) >= 11 is 0. The van der Waals surface area contributed by atoms with Gasteiger partial charge in [-0.25, -0.2) is 8.78 Å². The van der Waals surface area contributed by atoms with Gasteiger partial charge in [-0.1, -0.05) is 48.5 Å². The summed E-state index contributed by atoms with van der Waals surface area (Å²) in [6.45, 7) is 5.25. The zero-order chi connectivity index (χ0) is 27.4. The van der Waals surface area contributed by atoms with Gasteiger partial charge in [-0.05, 0) is 42.3 Å². The second-order valence-corrected chi connectivity index (χ2v) is 8.93. The van der Waals surface area contributed by atoms with E-state index < -0.39 is 54.0 Å². The molecule has 0 bridgehead atoms. The smallest absolute Gasteiger partial charge is 0.254 e. The molecule has 4 rings (SSSR count). The fourth-order valence-corrected chi connectivity index (χ4v) is 4.59. The maximum atomic E-state index is 14.2. The quantitative estimate of drug-likeness (QED) is 0.457. The number of primary amides is 1. The standard InChI is InChI=1S/C29H27F2N3O4/c1-3-13-33-23-11-7-8-12-24(23)38-27(20-9-5-4-6-10-20)26(29(33)37)34(18(2)28(32)36)25(35)16-19-14-21(30)17-22(31)15-19/h3-12,14-15,17-18,26-27H,1,13,16H2,2H3,(H2,32,36)/t18-,26-,27+/m0/s1. The maximum Gasteiger partial charge on any atom is 0.254 e. The molecule has 3 aromatic rings. The van der Waals surface area contributed by atoms with Crippen LogP contribution in [-0.4, -0.2) is 41.2 Å². The predicted octanol–water partition coefficient (Wildman–Crippen LogP) is 3.93. The number of para-hydroxylation sites is 2. The summed E-state index contributed by atoms with van der Waals surface area (Å²) in [6.07, 6.45) is 0.0226. The third kappa shape index (κ3) is 5.41. The van der Waals surface area contributed by atoms with Gasteiger partial charge in [0.15, 0.2) is 12.1 Å². The van der Waals surface area contributed by atoms with E-state index in [0.29, 0.717) is 23.1 Å². The SMILES string of the molecule is C=CCN1C(=O)[C@@H](N(C(=O)Cc2cc(F)cc(F)c2)[C@@H](C)C(N)=O)[C@@H](c2ccccc2)Oc2ccccc21. The summed E-state index contributed by atoms with van der Waals surface area (Å²) in [5.74, 6) is -3.44. The molecule has 3 atom stereocenters. The van der Waals surface area contributed by atoms with Crippen molar-refractivity contribution in [1.29, 1.82) is 0 Å². The second kappa shape index (κ2) is 11.2. The van der Waals surface area contributed by atoms with Crippen LogP contribution in [0, 0.1) is 11.6 Å². The minimum absolute atomic E-state index is 0.0404. The highest BCUT2D eigenvalue weighted by atomic mass is 19.1. The highest BCUT2D eigenvalue weighted by Crippen LogP contribution is 2.40. The third-order valence-corrected chi connectivity index (χ3v) is 6.35. The van der Waals surface area contributed by atoms with Crippen molar-refractivity contribution < 1.29 is 27.9 Å². The van der Waals surface area contributed by atoms with Crippen LogP contribution in [-0.2, 0) is 20.8 Å². The molecule has 0 radical (unpaired) electrons. The molecule has 0 saturated carbocycles. The third-order valence-electron chi connectivity index (χ3n) is 6.35. The van der Waals surface area contributed by atoms with Crippen molar-refractivity contribution in [3.05, 3.63) is 108 Å². The molecule has 9 heteroatoms. The molecule has 1 aliphatic rings. The van der Waals surface area contributed by atoms with Gasteiger partial charge in [0.05, 0.1) is 12.1 Å². The van der Waals surface area contributed by atoms with Gasteiger partial charge in [-0.15, -0.1) is 6.58 Å². The van der Waals surface area contributed by atoms with Gasteiger partial charge in [0.1, 0.15) is 23.4 Å². The first-order chi connectivity index (χ1) is 18.2. The molecule has 7 nitrogen and oxygen atoms in total. The van der Waals surface area contributed by atoms with Crippen molar-refractivity contribution in [3.63, 3.8) is 0 Å². The van der Waals surface area contributed by atoms with Crippen LogP contribution in [0.1, 0.15) is 24.2 Å². The predicted molar refractivity (Wildman–Crippen MR) is 138 cm³/mol. The average molecular weight is 520 g/mol. The number of rotatable bonds is 8. The number of amides is 3. The van der Waals surface area contributed by atoms with Crippen LogP contribution in [0.25, 0.3) is 0 Å². The van der Waals surface area contributed by atoms with E-state index in [9.17, 15) is 23.2 Å². The average Bonchev–Trinajstić information content (AvgIpc) is 2.99. The van der Waals surface area contributed by atoms with Gasteiger partial charge in [0, 0.05) is 12.6 Å². The van der Waals surface area contributed by atoms with E-state index in [-0.39, 0.29) is 12.1 Å². The summed E-state index contributed by atoms with van der Waals surface area (Å²) in [6, 6.07) is 15.9. The number of carbonyl (C=O) groups is 3. The molecule has 0 spiro atoms. The first-order valence-electron chi connectivity index (χ1n) is 12.0. The zero-order valence-electron chi connectivity index (χ0n) is 20.7. The molecule has 0 unspecified atom stereocenters. The minimum atomic E-state index is -1.35. The first-order valence-corrected chi connectivity index (χ1v) is 12.0. The van der Waals surface area contributed by atoms with Crippen molar-refractivity contribution in [1.82, 2.24) is 4.90 Å². The van der Waals surface area contributed by atoms with Crippen LogP contribution in [0.4, 0.5) is 14.5 Å². The molecule has 196 valence electrons. The number of fused-ring (bicyclic) bond motifs is 1. The van der Waals surface area contributed by atoms with Crippen LogP contribution in [0.15, 0.2) is 85.5 Å². The topological polar surface area (TPSA) is 92.9 Å². The van der Waals surface area contributed by atoms with Crippen molar-refractivity contribution >= 4 is 23.4 Å². The van der Waals surface area contributed by atoms with E-state index >= 15 is 0 Å². The Bertz CT molecular complexity index is 1340. The summed E-state index contributed by atoms with van der Waals surface area (Å²) in [5, 5.41) is 0. The van der Waals surface area contributed by atoms with Gasteiger partial charge >= 0.3 is 0 Å². The van der Waals surface area contributed by atoms with Crippen LogP contribution in [0.3, 0.4) is 0 Å². The summed E-state index contributed by atoms with van der Waals surface area (Å²) in [5.41, 5.74) is 6.72. The van der Waals surface area contributed by atoms with Gasteiger partial charge in [0.2, 0.25) is 11.8 Å². The Labute approximate surface area is 219 Å². The molecule has 1 heterocycles. The summed E-state index contributed by atoms with van der Waals surface area (Å²) in [4.78, 5) is 42.9. The lowest BCUT2D eigenvalue weighted by Gasteiger charge is -2.38. The second-order valence-electron chi connectivity index (χ2n) is 8.93. The van der Waals surface area contributed by atoms with Gasteiger partial charge < -0.3 is 20.3 Å². The van der Waals surface area contributed by atoms with Crippen LogP contribution < -0.4 is 15.4 Å². The largest absolute Gasteiger partial charge is 0.481 e. The Balaban J connectivity index is 1.88. The highest BCUT2D eigenvalue weighted by Gasteiger charge is 2.46. The molecule has 0 saturated heterocycles. The van der Waals surface area contributed by atoms with Crippen LogP contribution in [0.2, 0.25) is 0 Å². The number of ether oxygens (including phenoxy) is 1. The van der Waals surface area contributed by atoms with E-state index in [1.54, 1.807) is 54.6 Å². The van der Waals surface area contributed by atoms with E-state index in [1.807, 2.05) is 0 Å². The lowest BCUT2D eigenvalue weighted by atomic mass is 9.96. The monoisotopic (exact) mass is 519 g/mol. The lowest BCUT2D eigenvalue weighted by Crippen LogP contribution is -2.59. The normalized spacial score (nSPS) is 17.6. The Kier molecular flexibility index (Phi) is 7.85. The molecule has 3 amide bonds. The molecular formula is C29H27F2N3O4. The molecule has 38 heavy (non-hydrogen) atoms. The number of benzene rings is 3. The lowest BCUT2D eigenvalue weighted by molar-refractivity contribution is -0.148. The van der Waals surface area contributed by atoms with E-state index in [2.05, 4.69) is 6.58 Å². The van der Waals surface area contributed by atoms with Gasteiger partial charge in [-0.2, -0.15) is 0 Å². The number of hydrogen-bond acceptors (Lipinski definition) is 4. The van der Waals surface area contributed by atoms with Crippen molar-refractivity contribution in [2.75, 3.05) is 11.4 Å². The molecule has 1 aliphatic heterocycles. The van der Waals surface area contributed by atoms with Crippen molar-refractivity contribution in [3.8, 4) is 5.75 Å². The number of nitrogens with two attached hydrogens (primary N) is 1. The van der Waals surface area contributed by atoms with Gasteiger partial charge in [-0.3, -0.25) is 14.4 Å². The summed E-state index contributed by atoms with van der Waals surface area (Å²) < 4.78 is 34.1. The number of nitrogens with zero attached hydrogens (tertiary/aromatic N) is 2. The van der Waals surface area contributed by atoms with Gasteiger partial charge in [0.25, 0.3) is 5.91 Å². The molecule has 0 fully saturated rings. The van der Waals surface area contributed by atoms with E-state index in [0.717, 1.165) is 17.0 Å². The molecule has 3 aromatic carbocycles. The van der Waals surface area contributed by atoms with E-state index in [1.165, 1.54) is 17.9 Å². The number of halogens is 2. The Hall–Kier alpha value is -4.53. The van der Waals surface area contributed by atoms with Crippen molar-refractivity contribution in [2.45, 2.75) is 31.5 Å². The Morgan fingerprint density at radius 1 is 1.08 bits per heavy atom. The number of hydrogen-bond donors (Lipinski definition) is 1. The fraction of sp³-hybridized carbons (Fsp3) is 0.207. The Morgan fingerprint density at radius 3 is 2.34 bits per heavy atom. The van der Waals surface area contributed by atoms with E-state index in [4.69, 9.17) is 10.5 Å². The maximum absolute atomic E-state index is 14.2. The fourth-order valence-electron chi connectivity index (χ4n) is 4.59. The summed E-state index contributed by atoms with van der Waals surface area (Å²) in [7, 11) is 0. The molecular weight excluding hydrogens is 492 g/mol. The number of anilines is 1. The molecule has 2 N–H and O–H groups in total. The molecule has 0 aliphatic carbocycles. The minimum Gasteiger partial charge on any atom is -0.481 e. The zero-order valence-corrected chi connectivity index (χ0v) is 20.7. The first kappa shape index (κ1) is 26.5. The molecule has 0 aromatic heterocycles. The van der Waals surface area contributed by atoms with Crippen LogP contribution >= 0.6 is 0 Å². The van der Waals surface area contributed by atoms with Crippen molar-refractivity contribution in [2.24, 2.45) is 5.73 Å². The number of carbonyl (C=O) groups excluding carboxylic acids is 3. The highest BCUT2D eigenvalue weighted by molar-refractivity contribution is 6.03. The Morgan fingerprint density at radius 2 is 1.71 bits per heavy atom.